The van der Waals surface area contributed by atoms with Gasteiger partial charge in [-0.1, -0.05) is 31.0 Å². The fraction of sp³-hybridized carbons (Fsp3) is 0.269. The molecule has 160 valence electrons. The van der Waals surface area contributed by atoms with Crippen LogP contribution in [0.25, 0.3) is 11.3 Å². The first-order valence-electron chi connectivity index (χ1n) is 11.1. The summed E-state index contributed by atoms with van der Waals surface area (Å²) in [6, 6.07) is 13.7. The van der Waals surface area contributed by atoms with E-state index in [-0.39, 0.29) is 0 Å². The van der Waals surface area contributed by atoms with E-state index >= 15 is 0 Å². The van der Waals surface area contributed by atoms with Crippen molar-refractivity contribution >= 4 is 17.0 Å². The fourth-order valence-corrected chi connectivity index (χ4v) is 4.22. The summed E-state index contributed by atoms with van der Waals surface area (Å²) < 4.78 is 0. The maximum atomic E-state index is 4.45. The zero-order chi connectivity index (χ0) is 21.9. The Balaban J connectivity index is 1.29. The number of hydrogen-bond donors (Lipinski definition) is 3. The Hall–Kier alpha value is -3.69. The van der Waals surface area contributed by atoms with Gasteiger partial charge in [-0.15, -0.1) is 0 Å². The molecule has 1 atom stereocenters. The number of H-pyrrole nitrogens is 1. The van der Waals surface area contributed by atoms with Gasteiger partial charge in [-0.3, -0.25) is 0 Å². The van der Waals surface area contributed by atoms with Crippen LogP contribution in [0.1, 0.15) is 52.9 Å². The highest BCUT2D eigenvalue weighted by Crippen LogP contribution is 2.32. The van der Waals surface area contributed by atoms with Gasteiger partial charge in [-0.2, -0.15) is 0 Å². The number of hydrogen-bond acceptors (Lipinski definition) is 5. The van der Waals surface area contributed by atoms with Crippen LogP contribution in [-0.4, -0.2) is 26.5 Å². The van der Waals surface area contributed by atoms with Crippen molar-refractivity contribution in [3.63, 3.8) is 0 Å². The molecule has 0 radical (unpaired) electrons. The number of nitrogens with zero attached hydrogens (tertiary/aromatic N) is 3. The largest absolute Gasteiger partial charge is 0.381 e. The average molecular weight is 423 g/mol. The predicted molar refractivity (Wildman–Crippen MR) is 127 cm³/mol. The van der Waals surface area contributed by atoms with Crippen molar-refractivity contribution in [1.29, 1.82) is 0 Å². The van der Waals surface area contributed by atoms with E-state index in [2.05, 4.69) is 92.7 Å². The second-order valence-electron chi connectivity index (χ2n) is 8.15. The van der Waals surface area contributed by atoms with Crippen molar-refractivity contribution in [1.82, 2.24) is 25.3 Å². The molecule has 32 heavy (non-hydrogen) atoms. The van der Waals surface area contributed by atoms with Crippen LogP contribution in [0, 0.1) is 18.8 Å². The van der Waals surface area contributed by atoms with E-state index in [0.717, 1.165) is 36.3 Å². The normalized spacial score (nSPS) is 14.8. The van der Waals surface area contributed by atoms with Crippen LogP contribution in [0.15, 0.2) is 48.9 Å². The molecule has 1 aliphatic carbocycles. The molecule has 0 bridgehead atoms. The van der Waals surface area contributed by atoms with Gasteiger partial charge < -0.3 is 15.6 Å². The molecule has 0 saturated heterocycles. The van der Waals surface area contributed by atoms with Crippen molar-refractivity contribution in [2.45, 2.75) is 39.3 Å². The van der Waals surface area contributed by atoms with Crippen molar-refractivity contribution in [2.24, 2.45) is 0 Å². The zero-order valence-electron chi connectivity index (χ0n) is 18.4. The maximum Gasteiger partial charge on any atom is 0.197 e. The predicted octanol–water partition coefficient (Wildman–Crippen LogP) is 4.27. The molecule has 0 saturated carbocycles. The Labute approximate surface area is 187 Å². The van der Waals surface area contributed by atoms with E-state index < -0.39 is 0 Å². The van der Waals surface area contributed by atoms with Gasteiger partial charge in [0.2, 0.25) is 0 Å². The molecule has 6 nitrogen and oxygen atoms in total. The zero-order valence-corrected chi connectivity index (χ0v) is 18.4. The minimum absolute atomic E-state index is 0.501. The van der Waals surface area contributed by atoms with Crippen molar-refractivity contribution < 1.29 is 0 Å². The number of aromatic amines is 1. The quantitative estimate of drug-likeness (QED) is 0.419. The number of fused-ring (bicyclic) bond motifs is 2. The highest BCUT2D eigenvalue weighted by atomic mass is 15.0. The first kappa shape index (κ1) is 20.2. The van der Waals surface area contributed by atoms with Crippen LogP contribution in [0.4, 0.5) is 5.69 Å². The minimum Gasteiger partial charge on any atom is -0.381 e. The van der Waals surface area contributed by atoms with Crippen LogP contribution in [0.3, 0.4) is 0 Å². The van der Waals surface area contributed by atoms with Gasteiger partial charge >= 0.3 is 0 Å². The molecule has 2 heterocycles. The molecule has 5 rings (SSSR count). The molecule has 4 aromatic rings. The average Bonchev–Trinajstić information content (AvgIpc) is 3.44. The number of nitrogens with one attached hydrogen (secondary N) is 3. The summed E-state index contributed by atoms with van der Waals surface area (Å²) in [5.74, 6) is 6.38. The Bertz CT molecular complexity index is 1330. The third kappa shape index (κ3) is 4.20. The summed E-state index contributed by atoms with van der Waals surface area (Å²) >= 11 is 0. The van der Waals surface area contributed by atoms with E-state index in [4.69, 9.17) is 0 Å². The minimum atomic E-state index is 0.501. The molecule has 0 fully saturated rings. The molecule has 0 amide bonds. The van der Waals surface area contributed by atoms with Crippen LogP contribution in [0.5, 0.6) is 0 Å². The topological polar surface area (TPSA) is 78.5 Å². The van der Waals surface area contributed by atoms with Crippen molar-refractivity contribution in [2.75, 3.05) is 11.9 Å². The second-order valence-corrected chi connectivity index (χ2v) is 8.15. The Morgan fingerprint density at radius 2 is 2.06 bits per heavy atom. The number of aryl methyl sites for hydroxylation is 2. The lowest BCUT2D eigenvalue weighted by Crippen LogP contribution is -2.18. The first-order valence-corrected chi connectivity index (χ1v) is 11.1. The number of imidazole rings is 1. The number of rotatable bonds is 5. The lowest BCUT2D eigenvalue weighted by Gasteiger charge is -2.13. The molecule has 1 unspecified atom stereocenters. The van der Waals surface area contributed by atoms with Crippen LogP contribution in [-0.2, 0) is 13.0 Å². The van der Waals surface area contributed by atoms with E-state index in [1.165, 1.54) is 23.1 Å². The molecule has 1 aliphatic rings. The Kier molecular flexibility index (Phi) is 5.57. The van der Waals surface area contributed by atoms with Gasteiger partial charge in [0, 0.05) is 23.8 Å². The molecular formula is C26H26N6. The van der Waals surface area contributed by atoms with E-state index in [0.29, 0.717) is 23.0 Å². The van der Waals surface area contributed by atoms with Gasteiger partial charge in [0.05, 0.1) is 12.5 Å². The Morgan fingerprint density at radius 1 is 1.12 bits per heavy atom. The number of benzene rings is 2. The van der Waals surface area contributed by atoms with Gasteiger partial charge in [-0.25, -0.2) is 15.0 Å². The smallest absolute Gasteiger partial charge is 0.197 e. The molecule has 2 aromatic heterocycles. The summed E-state index contributed by atoms with van der Waals surface area (Å²) in [6.45, 7) is 6.00. The molecule has 0 spiro atoms. The highest BCUT2D eigenvalue weighted by molar-refractivity contribution is 5.65. The molecule has 6 heteroatoms. The van der Waals surface area contributed by atoms with Crippen molar-refractivity contribution in [3.05, 3.63) is 82.4 Å². The summed E-state index contributed by atoms with van der Waals surface area (Å²) in [5.41, 5.74) is 9.27. The van der Waals surface area contributed by atoms with Gasteiger partial charge in [0.1, 0.15) is 5.69 Å². The van der Waals surface area contributed by atoms with Gasteiger partial charge in [0.15, 0.2) is 11.3 Å². The lowest BCUT2D eigenvalue weighted by atomic mass is 10.0. The maximum absolute atomic E-state index is 4.45. The van der Waals surface area contributed by atoms with E-state index in [1.54, 1.807) is 12.5 Å². The van der Waals surface area contributed by atoms with Crippen LogP contribution < -0.4 is 10.6 Å². The fourth-order valence-electron chi connectivity index (χ4n) is 4.22. The van der Waals surface area contributed by atoms with Crippen LogP contribution in [0.2, 0.25) is 0 Å². The standard InChI is InChI=1S/C26H26N6/c1-3-27-24-11-7-20-13-21(9-10-23(20)24)28-14-18-5-4-17(2)19(12-18)6-8-22-15-29-25-26(32-22)31-16-30-25/h4-5,9-10,12-13,15-16,24,27-28H,3,7,11,14H2,1-2H3,(H,29,30,31,32). The van der Waals surface area contributed by atoms with E-state index in [1.807, 2.05) is 0 Å². The molecule has 0 aliphatic heterocycles. The molecule has 3 N–H and O–H groups in total. The molecule has 2 aromatic carbocycles. The Morgan fingerprint density at radius 3 is 2.97 bits per heavy atom. The molecular weight excluding hydrogens is 396 g/mol. The summed E-state index contributed by atoms with van der Waals surface area (Å²) in [5, 5.41) is 7.15. The van der Waals surface area contributed by atoms with Gasteiger partial charge in [-0.05, 0) is 72.7 Å². The van der Waals surface area contributed by atoms with Gasteiger partial charge in [0.25, 0.3) is 0 Å². The second kappa shape index (κ2) is 8.81. The summed E-state index contributed by atoms with van der Waals surface area (Å²) in [7, 11) is 0. The van der Waals surface area contributed by atoms with Crippen molar-refractivity contribution in [3.8, 4) is 11.8 Å². The first-order chi connectivity index (χ1) is 15.7. The summed E-state index contributed by atoms with van der Waals surface area (Å²) in [6.07, 6.45) is 5.57. The van der Waals surface area contributed by atoms with E-state index in [9.17, 15) is 0 Å². The monoisotopic (exact) mass is 422 g/mol. The number of anilines is 1. The highest BCUT2D eigenvalue weighted by Gasteiger charge is 2.21. The van der Waals surface area contributed by atoms with Crippen LogP contribution >= 0.6 is 0 Å². The SMILES string of the molecule is CCNC1CCc2cc(NCc3ccc(C)c(C#Cc4cnc5nc[nH]c5n4)c3)ccc21. The third-order valence-electron chi connectivity index (χ3n) is 5.94. The lowest BCUT2D eigenvalue weighted by molar-refractivity contribution is 0.549. The number of aromatic nitrogens is 4. The summed E-state index contributed by atoms with van der Waals surface area (Å²) in [4.78, 5) is 15.8. The third-order valence-corrected chi connectivity index (χ3v) is 5.94.